The van der Waals surface area contributed by atoms with Gasteiger partial charge in [0.15, 0.2) is 0 Å². The number of carbonyl (C=O) groups excluding carboxylic acids is 1. The third-order valence-corrected chi connectivity index (χ3v) is 6.41. The predicted octanol–water partition coefficient (Wildman–Crippen LogP) is 5.48. The van der Waals surface area contributed by atoms with Crippen LogP contribution in [0.25, 0.3) is 0 Å². The van der Waals surface area contributed by atoms with Crippen molar-refractivity contribution in [1.29, 1.82) is 0 Å². The van der Waals surface area contributed by atoms with E-state index >= 15 is 0 Å². The van der Waals surface area contributed by atoms with Gasteiger partial charge in [-0.3, -0.25) is 4.79 Å². The van der Waals surface area contributed by atoms with Crippen molar-refractivity contribution in [3.8, 4) is 5.75 Å². The van der Waals surface area contributed by atoms with E-state index in [9.17, 15) is 4.79 Å². The van der Waals surface area contributed by atoms with Gasteiger partial charge in [-0.25, -0.2) is 0 Å². The van der Waals surface area contributed by atoms with Crippen molar-refractivity contribution in [2.24, 2.45) is 5.92 Å². The fourth-order valence-electron chi connectivity index (χ4n) is 3.98. The molecule has 0 radical (unpaired) electrons. The van der Waals surface area contributed by atoms with Crippen molar-refractivity contribution in [2.45, 2.75) is 32.7 Å². The van der Waals surface area contributed by atoms with Crippen LogP contribution in [0, 0.1) is 12.8 Å². The lowest BCUT2D eigenvalue weighted by Gasteiger charge is -2.16. The molecule has 1 amide bonds. The summed E-state index contributed by atoms with van der Waals surface area (Å²) in [4.78, 5) is 13.6. The number of fused-ring (bicyclic) bond motifs is 1. The Kier molecular flexibility index (Phi) is 6.86. The number of benzene rings is 3. The van der Waals surface area contributed by atoms with Crippen LogP contribution in [-0.2, 0) is 19.4 Å². The summed E-state index contributed by atoms with van der Waals surface area (Å²) in [6.45, 7) is 2.56. The number of thiocarbonyl (C=S) groups is 1. The molecular weight excluding hydrogens is 416 g/mol. The monoisotopic (exact) mass is 444 g/mol. The third kappa shape index (κ3) is 5.35. The van der Waals surface area contributed by atoms with E-state index in [0.29, 0.717) is 12.1 Å². The van der Waals surface area contributed by atoms with Gasteiger partial charge in [-0.15, -0.1) is 0 Å². The summed E-state index contributed by atoms with van der Waals surface area (Å²) in [7, 11) is 1.64. The molecule has 4 rings (SSSR count). The van der Waals surface area contributed by atoms with Crippen LogP contribution < -0.4 is 15.4 Å². The van der Waals surface area contributed by atoms with Gasteiger partial charge in [-0.2, -0.15) is 0 Å². The topological polar surface area (TPSA) is 50.4 Å². The van der Waals surface area contributed by atoms with Gasteiger partial charge in [0.1, 0.15) is 5.75 Å². The van der Waals surface area contributed by atoms with Crippen LogP contribution in [0.15, 0.2) is 66.7 Å². The molecule has 0 saturated heterocycles. The molecule has 5 heteroatoms. The number of carbonyl (C=O) groups is 1. The van der Waals surface area contributed by atoms with Crippen LogP contribution in [0.4, 0.5) is 5.69 Å². The Labute approximate surface area is 195 Å². The molecule has 1 aliphatic rings. The van der Waals surface area contributed by atoms with Crippen LogP contribution in [-0.4, -0.2) is 18.0 Å². The Morgan fingerprint density at radius 2 is 1.78 bits per heavy atom. The molecule has 1 heterocycles. The van der Waals surface area contributed by atoms with Crippen LogP contribution in [0.3, 0.4) is 0 Å². The maximum atomic E-state index is 12.7. The normalized spacial score (nSPS) is 15.3. The Balaban J connectivity index is 1.40. The van der Waals surface area contributed by atoms with E-state index in [0.717, 1.165) is 41.3 Å². The van der Waals surface area contributed by atoms with E-state index in [1.54, 1.807) is 7.11 Å². The van der Waals surface area contributed by atoms with E-state index in [-0.39, 0.29) is 11.8 Å². The zero-order chi connectivity index (χ0) is 22.5. The molecule has 1 atom stereocenters. The molecule has 2 N–H and O–H groups in total. The van der Waals surface area contributed by atoms with Gasteiger partial charge in [-0.05, 0) is 67.1 Å². The van der Waals surface area contributed by atoms with Crippen molar-refractivity contribution in [3.63, 3.8) is 0 Å². The highest BCUT2D eigenvalue weighted by Gasteiger charge is 2.22. The first-order valence-electron chi connectivity index (χ1n) is 10.9. The molecule has 3 aromatic rings. The number of hydrogen-bond acceptors (Lipinski definition) is 3. The van der Waals surface area contributed by atoms with Gasteiger partial charge in [0.2, 0.25) is 0 Å². The number of methoxy groups -OCH3 is 1. The molecule has 3 aromatic carbocycles. The molecule has 0 fully saturated rings. The number of aryl methyl sites for hydroxylation is 2. The summed E-state index contributed by atoms with van der Waals surface area (Å²) in [6.07, 6.45) is 2.86. The molecule has 0 spiro atoms. The maximum absolute atomic E-state index is 12.7. The Morgan fingerprint density at radius 3 is 2.50 bits per heavy atom. The summed E-state index contributed by atoms with van der Waals surface area (Å²) in [5.41, 5.74) is 6.36. The van der Waals surface area contributed by atoms with Gasteiger partial charge in [0.05, 0.1) is 12.1 Å². The fraction of sp³-hybridized carbons (Fsp3) is 0.259. The number of hydrogen-bond donors (Lipinski definition) is 2. The maximum Gasteiger partial charge on any atom is 0.251 e. The lowest BCUT2D eigenvalue weighted by molar-refractivity contribution is 0.0951. The van der Waals surface area contributed by atoms with Crippen LogP contribution in [0.5, 0.6) is 5.75 Å². The zero-order valence-corrected chi connectivity index (χ0v) is 19.3. The highest BCUT2D eigenvalue weighted by Crippen LogP contribution is 2.28. The molecule has 0 bridgehead atoms. The Bertz CT molecular complexity index is 1110. The van der Waals surface area contributed by atoms with E-state index in [1.165, 1.54) is 16.7 Å². The minimum atomic E-state index is -0.100. The van der Waals surface area contributed by atoms with Gasteiger partial charge >= 0.3 is 0 Å². The minimum absolute atomic E-state index is 0.100. The summed E-state index contributed by atoms with van der Waals surface area (Å²) in [5.74, 6) is 0.984. The first kappa shape index (κ1) is 22.0. The summed E-state index contributed by atoms with van der Waals surface area (Å²) in [6, 6.07) is 22.2. The smallest absolute Gasteiger partial charge is 0.251 e. The van der Waals surface area contributed by atoms with E-state index < -0.39 is 0 Å². The van der Waals surface area contributed by atoms with Gasteiger partial charge in [0, 0.05) is 23.7 Å². The molecule has 1 aliphatic heterocycles. The summed E-state index contributed by atoms with van der Waals surface area (Å²) in [5, 5.41) is 6.42. The fourth-order valence-corrected chi connectivity index (χ4v) is 4.29. The molecule has 4 nitrogen and oxygen atoms in total. The predicted molar refractivity (Wildman–Crippen MR) is 134 cm³/mol. The second-order valence-electron chi connectivity index (χ2n) is 8.32. The number of anilines is 1. The van der Waals surface area contributed by atoms with Gasteiger partial charge in [0.25, 0.3) is 5.91 Å². The largest absolute Gasteiger partial charge is 0.497 e. The number of nitrogens with one attached hydrogen (secondary N) is 2. The first-order chi connectivity index (χ1) is 15.5. The quantitative estimate of drug-likeness (QED) is 0.495. The standard InChI is InChI=1S/C27H28N2O2S/c1-18-3-5-19(6-4-18)15-23-12-10-21-9-11-22(16-25(21)29-27(23)32)26(30)28-17-20-7-13-24(31-2)14-8-20/h3-9,11,13-14,16,23H,10,12,15,17H2,1-2H3,(H,28,30)(H,29,32). The molecule has 0 saturated carbocycles. The van der Waals surface area contributed by atoms with Crippen molar-refractivity contribution < 1.29 is 9.53 Å². The number of amides is 1. The SMILES string of the molecule is COc1ccc(CNC(=O)c2ccc3c(c2)NC(=S)C(Cc2ccc(C)cc2)CC3)cc1. The van der Waals surface area contributed by atoms with E-state index in [2.05, 4.69) is 41.8 Å². The van der Waals surface area contributed by atoms with Crippen LogP contribution >= 0.6 is 12.2 Å². The number of ether oxygens (including phenoxy) is 1. The van der Waals surface area contributed by atoms with Gasteiger partial charge < -0.3 is 15.4 Å². The summed E-state index contributed by atoms with van der Waals surface area (Å²) < 4.78 is 5.18. The van der Waals surface area contributed by atoms with E-state index in [1.807, 2.05) is 42.5 Å². The van der Waals surface area contributed by atoms with Gasteiger partial charge in [-0.1, -0.05) is 60.2 Å². The van der Waals surface area contributed by atoms with Crippen LogP contribution in [0.2, 0.25) is 0 Å². The zero-order valence-electron chi connectivity index (χ0n) is 18.5. The number of rotatable bonds is 6. The highest BCUT2D eigenvalue weighted by atomic mass is 32.1. The molecule has 0 aliphatic carbocycles. The van der Waals surface area contributed by atoms with Crippen molar-refractivity contribution >= 4 is 28.8 Å². The van der Waals surface area contributed by atoms with E-state index in [4.69, 9.17) is 17.0 Å². The lowest BCUT2D eigenvalue weighted by atomic mass is 9.93. The van der Waals surface area contributed by atoms with Crippen molar-refractivity contribution in [3.05, 3.63) is 94.5 Å². The molecule has 32 heavy (non-hydrogen) atoms. The molecular formula is C27H28N2O2S. The third-order valence-electron chi connectivity index (χ3n) is 5.98. The summed E-state index contributed by atoms with van der Waals surface area (Å²) >= 11 is 5.74. The van der Waals surface area contributed by atoms with Crippen molar-refractivity contribution in [2.75, 3.05) is 12.4 Å². The Morgan fingerprint density at radius 1 is 1.06 bits per heavy atom. The van der Waals surface area contributed by atoms with Crippen molar-refractivity contribution in [1.82, 2.24) is 5.32 Å². The Hall–Kier alpha value is -3.18. The average Bonchev–Trinajstić information content (AvgIpc) is 2.97. The second kappa shape index (κ2) is 9.96. The second-order valence-corrected chi connectivity index (χ2v) is 8.76. The lowest BCUT2D eigenvalue weighted by Crippen LogP contribution is -2.23. The molecule has 1 unspecified atom stereocenters. The highest BCUT2D eigenvalue weighted by molar-refractivity contribution is 7.80. The first-order valence-corrected chi connectivity index (χ1v) is 11.3. The van der Waals surface area contributed by atoms with Crippen LogP contribution in [0.1, 0.15) is 39.0 Å². The molecule has 164 valence electrons. The average molecular weight is 445 g/mol. The molecule has 0 aromatic heterocycles. The minimum Gasteiger partial charge on any atom is -0.497 e.